The number of rotatable bonds is 7. The molecule has 6 heteroatoms. The summed E-state index contributed by atoms with van der Waals surface area (Å²) in [7, 11) is 0. The minimum Gasteiger partial charge on any atom is -0.481 e. The van der Waals surface area contributed by atoms with E-state index in [4.69, 9.17) is 5.11 Å². The van der Waals surface area contributed by atoms with Crippen LogP contribution in [0.3, 0.4) is 0 Å². The van der Waals surface area contributed by atoms with Gasteiger partial charge in [-0.3, -0.25) is 19.7 Å². The molecule has 2 unspecified atom stereocenters. The Morgan fingerprint density at radius 2 is 2.24 bits per heavy atom. The van der Waals surface area contributed by atoms with E-state index in [0.29, 0.717) is 18.9 Å². The molecule has 1 rings (SSSR count). The number of hydrogen-bond donors (Lipinski definition) is 3. The molecule has 0 aromatic rings. The predicted octanol–water partition coefficient (Wildman–Crippen LogP) is -0.118. The Hall–Kier alpha value is -1.43. The second kappa shape index (κ2) is 6.34. The maximum atomic E-state index is 11.2. The summed E-state index contributed by atoms with van der Waals surface area (Å²) in [6, 6.07) is -0.422. The number of carboxylic acid groups (broad SMARTS) is 1. The van der Waals surface area contributed by atoms with Crippen LogP contribution in [0.5, 0.6) is 0 Å². The standard InChI is InChI=1S/C11H18N2O4/c1-7(2-3-10(15)16)4-5-12-8-6-9(14)13-11(8)17/h7-8,12H,2-6H2,1H3,(H,15,16)(H,13,14,17). The molecule has 6 nitrogen and oxygen atoms in total. The van der Waals surface area contributed by atoms with Crippen LogP contribution in [0.4, 0.5) is 0 Å². The van der Waals surface area contributed by atoms with E-state index >= 15 is 0 Å². The normalized spacial score (nSPS) is 21.4. The van der Waals surface area contributed by atoms with E-state index in [-0.39, 0.29) is 24.7 Å². The third kappa shape index (κ3) is 4.95. The van der Waals surface area contributed by atoms with Crippen LogP contribution in [0.2, 0.25) is 0 Å². The van der Waals surface area contributed by atoms with Crippen LogP contribution in [0.1, 0.15) is 32.6 Å². The molecule has 0 bridgehead atoms. The van der Waals surface area contributed by atoms with Crippen molar-refractivity contribution in [1.82, 2.24) is 10.6 Å². The monoisotopic (exact) mass is 242 g/mol. The van der Waals surface area contributed by atoms with Gasteiger partial charge in [0.05, 0.1) is 12.5 Å². The van der Waals surface area contributed by atoms with Crippen LogP contribution >= 0.6 is 0 Å². The highest BCUT2D eigenvalue weighted by Gasteiger charge is 2.29. The van der Waals surface area contributed by atoms with Crippen LogP contribution in [0.25, 0.3) is 0 Å². The molecule has 3 N–H and O–H groups in total. The molecule has 2 amide bonds. The molecule has 96 valence electrons. The molecule has 0 radical (unpaired) electrons. The van der Waals surface area contributed by atoms with Gasteiger partial charge in [-0.25, -0.2) is 0 Å². The van der Waals surface area contributed by atoms with E-state index in [0.717, 1.165) is 6.42 Å². The Balaban J connectivity index is 2.13. The average Bonchev–Trinajstić information content (AvgIpc) is 2.55. The summed E-state index contributed by atoms with van der Waals surface area (Å²) in [6.07, 6.45) is 1.80. The summed E-state index contributed by atoms with van der Waals surface area (Å²) < 4.78 is 0. The number of hydrogen-bond acceptors (Lipinski definition) is 4. The molecule has 1 fully saturated rings. The van der Waals surface area contributed by atoms with Crippen LogP contribution in [-0.4, -0.2) is 35.5 Å². The molecule has 0 saturated carbocycles. The van der Waals surface area contributed by atoms with Gasteiger partial charge in [0.25, 0.3) is 0 Å². The third-order valence-corrected chi connectivity index (χ3v) is 2.85. The molecular weight excluding hydrogens is 224 g/mol. The number of imide groups is 1. The number of carboxylic acids is 1. The zero-order valence-electron chi connectivity index (χ0n) is 9.86. The summed E-state index contributed by atoms with van der Waals surface area (Å²) in [5.74, 6) is -1.01. The van der Waals surface area contributed by atoms with Gasteiger partial charge in [0.15, 0.2) is 0 Å². The van der Waals surface area contributed by atoms with E-state index in [9.17, 15) is 14.4 Å². The van der Waals surface area contributed by atoms with Gasteiger partial charge >= 0.3 is 5.97 Å². The van der Waals surface area contributed by atoms with Crippen molar-refractivity contribution >= 4 is 17.8 Å². The van der Waals surface area contributed by atoms with Crippen molar-refractivity contribution in [3.63, 3.8) is 0 Å². The van der Waals surface area contributed by atoms with Crippen LogP contribution in [0, 0.1) is 5.92 Å². The summed E-state index contributed by atoms with van der Waals surface area (Å²) >= 11 is 0. The molecule has 0 aromatic heterocycles. The molecule has 1 aliphatic rings. The minimum atomic E-state index is -0.787. The average molecular weight is 242 g/mol. The maximum Gasteiger partial charge on any atom is 0.303 e. The number of carbonyl (C=O) groups excluding carboxylic acids is 2. The number of aliphatic carboxylic acids is 1. The van der Waals surface area contributed by atoms with Gasteiger partial charge in [0.1, 0.15) is 0 Å². The Bertz CT molecular complexity index is 317. The van der Waals surface area contributed by atoms with Crippen molar-refractivity contribution < 1.29 is 19.5 Å². The van der Waals surface area contributed by atoms with E-state index < -0.39 is 12.0 Å². The Morgan fingerprint density at radius 3 is 2.76 bits per heavy atom. The fourth-order valence-electron chi connectivity index (χ4n) is 1.74. The summed E-state index contributed by atoms with van der Waals surface area (Å²) in [4.78, 5) is 32.5. The SMILES string of the molecule is CC(CCNC1CC(=O)NC1=O)CCC(=O)O. The van der Waals surface area contributed by atoms with E-state index in [1.165, 1.54) is 0 Å². The Morgan fingerprint density at radius 1 is 1.53 bits per heavy atom. The first kappa shape index (κ1) is 13.6. The van der Waals surface area contributed by atoms with Crippen molar-refractivity contribution in [3.8, 4) is 0 Å². The molecule has 1 heterocycles. The van der Waals surface area contributed by atoms with Gasteiger partial charge in [-0.05, 0) is 25.3 Å². The zero-order valence-corrected chi connectivity index (χ0v) is 9.86. The summed E-state index contributed by atoms with van der Waals surface area (Å²) in [5.41, 5.74) is 0. The minimum absolute atomic E-state index is 0.170. The smallest absolute Gasteiger partial charge is 0.303 e. The zero-order chi connectivity index (χ0) is 12.8. The summed E-state index contributed by atoms with van der Waals surface area (Å²) in [6.45, 7) is 2.59. The second-order valence-corrected chi connectivity index (χ2v) is 4.45. The summed E-state index contributed by atoms with van der Waals surface area (Å²) in [5, 5.41) is 13.7. The van der Waals surface area contributed by atoms with Crippen LogP contribution in [-0.2, 0) is 14.4 Å². The first-order valence-electron chi connectivity index (χ1n) is 5.78. The van der Waals surface area contributed by atoms with E-state index in [1.807, 2.05) is 6.92 Å². The molecule has 17 heavy (non-hydrogen) atoms. The highest BCUT2D eigenvalue weighted by molar-refractivity contribution is 6.05. The topological polar surface area (TPSA) is 95.5 Å². The van der Waals surface area contributed by atoms with Crippen molar-refractivity contribution in [2.45, 2.75) is 38.6 Å². The van der Waals surface area contributed by atoms with Crippen molar-refractivity contribution in [2.75, 3.05) is 6.54 Å². The van der Waals surface area contributed by atoms with Crippen molar-refractivity contribution in [2.24, 2.45) is 5.92 Å². The quantitative estimate of drug-likeness (QED) is 0.541. The predicted molar refractivity (Wildman–Crippen MR) is 60.2 cm³/mol. The van der Waals surface area contributed by atoms with Crippen molar-refractivity contribution in [1.29, 1.82) is 0 Å². The highest BCUT2D eigenvalue weighted by Crippen LogP contribution is 2.10. The lowest BCUT2D eigenvalue weighted by Gasteiger charge is -2.12. The molecule has 0 aromatic carbocycles. The fraction of sp³-hybridized carbons (Fsp3) is 0.727. The molecular formula is C11H18N2O4. The Labute approximate surface area is 99.8 Å². The van der Waals surface area contributed by atoms with Gasteiger partial charge in [-0.2, -0.15) is 0 Å². The lowest BCUT2D eigenvalue weighted by Crippen LogP contribution is -2.37. The number of amides is 2. The lowest BCUT2D eigenvalue weighted by atomic mass is 10.0. The molecule has 1 aliphatic heterocycles. The van der Waals surface area contributed by atoms with Gasteiger partial charge in [0, 0.05) is 6.42 Å². The van der Waals surface area contributed by atoms with Crippen LogP contribution < -0.4 is 10.6 Å². The highest BCUT2D eigenvalue weighted by atomic mass is 16.4. The van der Waals surface area contributed by atoms with E-state index in [1.54, 1.807) is 0 Å². The van der Waals surface area contributed by atoms with Gasteiger partial charge in [0.2, 0.25) is 11.8 Å². The first-order chi connectivity index (χ1) is 7.99. The number of nitrogens with one attached hydrogen (secondary N) is 2. The number of carbonyl (C=O) groups is 3. The van der Waals surface area contributed by atoms with Gasteiger partial charge in [-0.1, -0.05) is 6.92 Å². The van der Waals surface area contributed by atoms with Gasteiger partial charge in [-0.15, -0.1) is 0 Å². The third-order valence-electron chi connectivity index (χ3n) is 2.85. The molecule has 0 spiro atoms. The first-order valence-corrected chi connectivity index (χ1v) is 5.78. The van der Waals surface area contributed by atoms with E-state index in [2.05, 4.69) is 10.6 Å². The Kier molecular flexibility index (Phi) is 5.09. The van der Waals surface area contributed by atoms with Gasteiger partial charge < -0.3 is 10.4 Å². The second-order valence-electron chi connectivity index (χ2n) is 4.45. The molecule has 1 saturated heterocycles. The largest absolute Gasteiger partial charge is 0.481 e. The maximum absolute atomic E-state index is 11.2. The lowest BCUT2D eigenvalue weighted by molar-refractivity contribution is -0.137. The van der Waals surface area contributed by atoms with Crippen molar-refractivity contribution in [3.05, 3.63) is 0 Å². The van der Waals surface area contributed by atoms with Crippen LogP contribution in [0.15, 0.2) is 0 Å². The molecule has 0 aliphatic carbocycles. The molecule has 2 atom stereocenters. The fourth-order valence-corrected chi connectivity index (χ4v) is 1.74.